The Morgan fingerprint density at radius 3 is 2.15 bits per heavy atom. The van der Waals surface area contributed by atoms with Crippen molar-refractivity contribution < 1.29 is 28.9 Å². The SMILES string of the molecule is COc1ccc(/C=C/C(=O)Oc2cc(OC)ccc2/C=C/C(=O)O)cc1. The lowest BCUT2D eigenvalue weighted by Gasteiger charge is -2.08. The fourth-order valence-electron chi connectivity index (χ4n) is 2.05. The summed E-state index contributed by atoms with van der Waals surface area (Å²) in [7, 11) is 3.06. The number of benzene rings is 2. The number of carbonyl (C=O) groups is 2. The van der Waals surface area contributed by atoms with Crippen LogP contribution in [0.3, 0.4) is 0 Å². The summed E-state index contributed by atoms with van der Waals surface area (Å²) in [4.78, 5) is 22.8. The molecular weight excluding hydrogens is 336 g/mol. The maximum atomic E-state index is 12.1. The number of hydrogen-bond acceptors (Lipinski definition) is 5. The first-order chi connectivity index (χ1) is 12.5. The maximum Gasteiger partial charge on any atom is 0.336 e. The second-order valence-corrected chi connectivity index (χ2v) is 5.10. The van der Waals surface area contributed by atoms with E-state index in [-0.39, 0.29) is 5.75 Å². The van der Waals surface area contributed by atoms with Crippen LogP contribution in [0.5, 0.6) is 17.2 Å². The van der Waals surface area contributed by atoms with Gasteiger partial charge in [0.15, 0.2) is 0 Å². The van der Waals surface area contributed by atoms with Crippen molar-refractivity contribution in [2.24, 2.45) is 0 Å². The Hall–Kier alpha value is -3.54. The van der Waals surface area contributed by atoms with E-state index in [4.69, 9.17) is 19.3 Å². The molecule has 0 bridgehead atoms. The predicted molar refractivity (Wildman–Crippen MR) is 97.3 cm³/mol. The van der Waals surface area contributed by atoms with Gasteiger partial charge in [0, 0.05) is 23.8 Å². The summed E-state index contributed by atoms with van der Waals surface area (Å²) in [6.07, 6.45) is 5.20. The number of carboxylic acids is 1. The average Bonchev–Trinajstić information content (AvgIpc) is 2.65. The molecule has 0 aliphatic heterocycles. The molecule has 0 spiro atoms. The largest absolute Gasteiger partial charge is 0.497 e. The Morgan fingerprint density at radius 1 is 0.885 bits per heavy atom. The van der Waals surface area contributed by atoms with Crippen LogP contribution in [-0.2, 0) is 9.59 Å². The van der Waals surface area contributed by atoms with Crippen LogP contribution in [0.1, 0.15) is 11.1 Å². The van der Waals surface area contributed by atoms with Gasteiger partial charge in [-0.1, -0.05) is 12.1 Å². The molecule has 0 fully saturated rings. The van der Waals surface area contributed by atoms with Gasteiger partial charge in [0.2, 0.25) is 0 Å². The Labute approximate surface area is 150 Å². The topological polar surface area (TPSA) is 82.1 Å². The lowest BCUT2D eigenvalue weighted by Crippen LogP contribution is -2.05. The summed E-state index contributed by atoms with van der Waals surface area (Å²) < 4.78 is 15.5. The van der Waals surface area contributed by atoms with E-state index in [1.54, 1.807) is 49.6 Å². The summed E-state index contributed by atoms with van der Waals surface area (Å²) in [6, 6.07) is 11.9. The van der Waals surface area contributed by atoms with Gasteiger partial charge >= 0.3 is 11.9 Å². The van der Waals surface area contributed by atoms with Crippen LogP contribution in [0.4, 0.5) is 0 Å². The first-order valence-electron chi connectivity index (χ1n) is 7.65. The van der Waals surface area contributed by atoms with Crippen LogP contribution in [0, 0.1) is 0 Å². The second kappa shape index (κ2) is 9.08. The van der Waals surface area contributed by atoms with Gasteiger partial charge in [-0.25, -0.2) is 9.59 Å². The third kappa shape index (κ3) is 5.52. The molecule has 0 atom stereocenters. The average molecular weight is 354 g/mol. The third-order valence-corrected chi connectivity index (χ3v) is 3.36. The van der Waals surface area contributed by atoms with Crippen LogP contribution in [0.15, 0.2) is 54.6 Å². The summed E-state index contributed by atoms with van der Waals surface area (Å²) in [5, 5.41) is 8.76. The molecule has 0 aliphatic carbocycles. The zero-order chi connectivity index (χ0) is 18.9. The van der Waals surface area contributed by atoms with E-state index in [1.165, 1.54) is 25.3 Å². The molecule has 0 aliphatic rings. The zero-order valence-electron chi connectivity index (χ0n) is 14.3. The number of ether oxygens (including phenoxy) is 3. The van der Waals surface area contributed by atoms with Crippen molar-refractivity contribution in [3.8, 4) is 17.2 Å². The second-order valence-electron chi connectivity index (χ2n) is 5.10. The van der Waals surface area contributed by atoms with E-state index >= 15 is 0 Å². The predicted octanol–water partition coefficient (Wildman–Crippen LogP) is 3.42. The third-order valence-electron chi connectivity index (χ3n) is 3.36. The summed E-state index contributed by atoms with van der Waals surface area (Å²) in [6.45, 7) is 0. The minimum absolute atomic E-state index is 0.200. The molecule has 26 heavy (non-hydrogen) atoms. The van der Waals surface area contributed by atoms with Crippen molar-refractivity contribution >= 4 is 24.1 Å². The van der Waals surface area contributed by atoms with E-state index < -0.39 is 11.9 Å². The van der Waals surface area contributed by atoms with Crippen molar-refractivity contribution in [1.29, 1.82) is 0 Å². The molecule has 0 heterocycles. The number of hydrogen-bond donors (Lipinski definition) is 1. The molecule has 0 radical (unpaired) electrons. The van der Waals surface area contributed by atoms with Crippen molar-refractivity contribution in [3.05, 3.63) is 65.7 Å². The Kier molecular flexibility index (Phi) is 6.56. The van der Waals surface area contributed by atoms with Gasteiger partial charge in [-0.15, -0.1) is 0 Å². The van der Waals surface area contributed by atoms with Gasteiger partial charge in [0.1, 0.15) is 17.2 Å². The Bertz CT molecular complexity index is 834. The molecule has 0 saturated heterocycles. The lowest BCUT2D eigenvalue weighted by molar-refractivity contribution is -0.131. The number of carboxylic acid groups (broad SMARTS) is 1. The number of methoxy groups -OCH3 is 2. The molecule has 2 aromatic carbocycles. The molecule has 0 amide bonds. The molecule has 6 heteroatoms. The van der Waals surface area contributed by atoms with Gasteiger partial charge in [0.05, 0.1) is 14.2 Å². The molecule has 0 saturated carbocycles. The smallest absolute Gasteiger partial charge is 0.336 e. The first kappa shape index (κ1) is 18.8. The Balaban J connectivity index is 2.15. The van der Waals surface area contributed by atoms with Crippen LogP contribution in [0.25, 0.3) is 12.2 Å². The number of esters is 1. The fraction of sp³-hybridized carbons (Fsp3) is 0.100. The molecule has 6 nitrogen and oxygen atoms in total. The number of rotatable bonds is 7. The van der Waals surface area contributed by atoms with Crippen molar-refractivity contribution in [2.45, 2.75) is 0 Å². The molecular formula is C20H18O6. The number of aliphatic carboxylic acids is 1. The van der Waals surface area contributed by atoms with Gasteiger partial charge < -0.3 is 19.3 Å². The normalized spacial score (nSPS) is 10.8. The van der Waals surface area contributed by atoms with E-state index in [1.807, 2.05) is 0 Å². The molecule has 1 N–H and O–H groups in total. The molecule has 0 unspecified atom stereocenters. The molecule has 2 rings (SSSR count). The van der Waals surface area contributed by atoms with E-state index in [2.05, 4.69) is 0 Å². The highest BCUT2D eigenvalue weighted by Crippen LogP contribution is 2.26. The molecule has 134 valence electrons. The first-order valence-corrected chi connectivity index (χ1v) is 7.65. The maximum absolute atomic E-state index is 12.1. The molecule has 0 aromatic heterocycles. The van der Waals surface area contributed by atoms with Crippen molar-refractivity contribution in [1.82, 2.24) is 0 Å². The summed E-state index contributed by atoms with van der Waals surface area (Å²) in [5.74, 6) is -0.293. The van der Waals surface area contributed by atoms with Crippen molar-refractivity contribution in [2.75, 3.05) is 14.2 Å². The van der Waals surface area contributed by atoms with Crippen LogP contribution in [-0.4, -0.2) is 31.3 Å². The zero-order valence-corrected chi connectivity index (χ0v) is 14.3. The van der Waals surface area contributed by atoms with Gasteiger partial charge in [0.25, 0.3) is 0 Å². The highest BCUT2D eigenvalue weighted by Gasteiger charge is 2.08. The van der Waals surface area contributed by atoms with Crippen molar-refractivity contribution in [3.63, 3.8) is 0 Å². The van der Waals surface area contributed by atoms with Gasteiger partial charge in [-0.2, -0.15) is 0 Å². The van der Waals surface area contributed by atoms with Crippen LogP contribution in [0.2, 0.25) is 0 Å². The van der Waals surface area contributed by atoms with E-state index in [0.29, 0.717) is 11.3 Å². The number of carbonyl (C=O) groups excluding carboxylic acids is 1. The highest BCUT2D eigenvalue weighted by atomic mass is 16.5. The highest BCUT2D eigenvalue weighted by molar-refractivity contribution is 5.90. The van der Waals surface area contributed by atoms with Crippen LogP contribution < -0.4 is 14.2 Å². The minimum atomic E-state index is -1.10. The lowest BCUT2D eigenvalue weighted by atomic mass is 10.1. The monoisotopic (exact) mass is 354 g/mol. The van der Waals surface area contributed by atoms with Gasteiger partial charge in [-0.3, -0.25) is 0 Å². The summed E-state index contributed by atoms with van der Waals surface area (Å²) in [5.41, 5.74) is 1.25. The van der Waals surface area contributed by atoms with Gasteiger partial charge in [-0.05, 0) is 42.0 Å². The minimum Gasteiger partial charge on any atom is -0.497 e. The summed E-state index contributed by atoms with van der Waals surface area (Å²) >= 11 is 0. The fourth-order valence-corrected chi connectivity index (χ4v) is 2.05. The Morgan fingerprint density at radius 2 is 1.54 bits per heavy atom. The van der Waals surface area contributed by atoms with E-state index in [0.717, 1.165) is 17.4 Å². The van der Waals surface area contributed by atoms with Crippen LogP contribution >= 0.6 is 0 Å². The molecule has 2 aromatic rings. The quantitative estimate of drug-likeness (QED) is 0.466. The van der Waals surface area contributed by atoms with E-state index in [9.17, 15) is 9.59 Å². The standard InChI is InChI=1S/C20H18O6/c1-24-16-8-3-14(4-9-16)5-12-20(23)26-18-13-17(25-2)10-6-15(18)7-11-19(21)22/h3-13H,1-2H3,(H,21,22)/b11-7+,12-5+.